The van der Waals surface area contributed by atoms with E-state index in [0.717, 1.165) is 18.6 Å². The maximum Gasteiger partial charge on any atom is 0.214 e. The van der Waals surface area contributed by atoms with Crippen LogP contribution in [0.5, 0.6) is 5.75 Å². The summed E-state index contributed by atoms with van der Waals surface area (Å²) >= 11 is 1.88. The molecule has 1 fully saturated rings. The lowest BCUT2D eigenvalue weighted by molar-refractivity contribution is -0.238. The van der Waals surface area contributed by atoms with Gasteiger partial charge in [0.25, 0.3) is 0 Å². The maximum atomic E-state index is 6.10. The van der Waals surface area contributed by atoms with Crippen molar-refractivity contribution in [2.45, 2.75) is 42.5 Å². The second kappa shape index (κ2) is 5.52. The van der Waals surface area contributed by atoms with Crippen LogP contribution in [0.2, 0.25) is 0 Å². The summed E-state index contributed by atoms with van der Waals surface area (Å²) in [6.07, 6.45) is 1.67. The standard InChI is InChI=1S/C17H18O3S/c1-2-18-15-10-9-14-17(20-15)19-13-8-7-11-5-3-4-6-12(11)16(13)21-14/h3-8,14-15,17H,2,9-10H2,1H3/t14-,15-,17+/m1/s1. The predicted molar refractivity (Wildman–Crippen MR) is 83.7 cm³/mol. The summed E-state index contributed by atoms with van der Waals surface area (Å²) in [5, 5.41) is 2.88. The largest absolute Gasteiger partial charge is 0.462 e. The minimum atomic E-state index is -0.200. The van der Waals surface area contributed by atoms with Crippen LogP contribution in [0.15, 0.2) is 41.3 Å². The first kappa shape index (κ1) is 13.4. The SMILES string of the molecule is CCO[C@H]1CC[C@H]2Sc3c(ccc4ccccc34)O[C@H]2O1. The quantitative estimate of drug-likeness (QED) is 0.831. The second-order valence-corrected chi connectivity index (χ2v) is 6.60. The monoisotopic (exact) mass is 302 g/mol. The van der Waals surface area contributed by atoms with Gasteiger partial charge in [0, 0.05) is 6.61 Å². The average Bonchev–Trinajstić information content (AvgIpc) is 2.53. The topological polar surface area (TPSA) is 27.7 Å². The highest BCUT2D eigenvalue weighted by Crippen LogP contribution is 2.47. The zero-order valence-corrected chi connectivity index (χ0v) is 12.8. The zero-order chi connectivity index (χ0) is 14.2. The fourth-order valence-electron chi connectivity index (χ4n) is 2.98. The highest BCUT2D eigenvalue weighted by atomic mass is 32.2. The molecule has 2 aliphatic heterocycles. The molecule has 0 amide bonds. The van der Waals surface area contributed by atoms with Crippen LogP contribution < -0.4 is 4.74 Å². The van der Waals surface area contributed by atoms with Crippen molar-refractivity contribution in [1.29, 1.82) is 0 Å². The molecule has 3 nitrogen and oxygen atoms in total. The Kier molecular flexibility index (Phi) is 3.53. The maximum absolute atomic E-state index is 6.10. The van der Waals surface area contributed by atoms with Crippen LogP contribution in [0, 0.1) is 0 Å². The number of rotatable bonds is 2. The van der Waals surface area contributed by atoms with E-state index in [2.05, 4.69) is 36.4 Å². The third-order valence-electron chi connectivity index (χ3n) is 3.98. The van der Waals surface area contributed by atoms with Gasteiger partial charge < -0.3 is 14.2 Å². The van der Waals surface area contributed by atoms with Gasteiger partial charge in [-0.05, 0) is 36.6 Å². The molecule has 2 aliphatic rings. The van der Waals surface area contributed by atoms with E-state index in [1.165, 1.54) is 15.7 Å². The van der Waals surface area contributed by atoms with Gasteiger partial charge in [-0.1, -0.05) is 30.3 Å². The number of hydrogen-bond donors (Lipinski definition) is 0. The summed E-state index contributed by atoms with van der Waals surface area (Å²) in [6.45, 7) is 2.67. The lowest BCUT2D eigenvalue weighted by Gasteiger charge is -2.39. The minimum absolute atomic E-state index is 0.126. The summed E-state index contributed by atoms with van der Waals surface area (Å²) in [5.41, 5.74) is 0. The molecule has 2 aromatic carbocycles. The number of benzene rings is 2. The van der Waals surface area contributed by atoms with Crippen molar-refractivity contribution in [1.82, 2.24) is 0 Å². The molecule has 21 heavy (non-hydrogen) atoms. The molecule has 1 saturated heterocycles. The predicted octanol–water partition coefficient (Wildman–Crippen LogP) is 4.19. The molecule has 110 valence electrons. The highest BCUT2D eigenvalue weighted by molar-refractivity contribution is 8.00. The van der Waals surface area contributed by atoms with Crippen molar-refractivity contribution < 1.29 is 14.2 Å². The van der Waals surface area contributed by atoms with Gasteiger partial charge in [-0.25, -0.2) is 0 Å². The van der Waals surface area contributed by atoms with Gasteiger partial charge in [0.2, 0.25) is 6.29 Å². The van der Waals surface area contributed by atoms with Gasteiger partial charge >= 0.3 is 0 Å². The third kappa shape index (κ3) is 2.41. The second-order valence-electron chi connectivity index (χ2n) is 5.35. The first-order chi connectivity index (χ1) is 10.3. The molecule has 3 atom stereocenters. The van der Waals surface area contributed by atoms with Crippen molar-refractivity contribution in [2.24, 2.45) is 0 Å². The van der Waals surface area contributed by atoms with Crippen LogP contribution >= 0.6 is 11.8 Å². The summed E-state index contributed by atoms with van der Waals surface area (Å²) in [4.78, 5) is 1.24. The molecule has 0 bridgehead atoms. The van der Waals surface area contributed by atoms with E-state index in [1.807, 2.05) is 18.7 Å². The molecule has 4 rings (SSSR count). The highest BCUT2D eigenvalue weighted by Gasteiger charge is 2.38. The number of fused-ring (bicyclic) bond motifs is 4. The lowest BCUT2D eigenvalue weighted by atomic mass is 10.1. The van der Waals surface area contributed by atoms with E-state index in [1.54, 1.807) is 0 Å². The Labute approximate surface area is 128 Å². The first-order valence-electron chi connectivity index (χ1n) is 7.47. The van der Waals surface area contributed by atoms with Crippen LogP contribution in [0.3, 0.4) is 0 Å². The summed E-state index contributed by atoms with van der Waals surface area (Å²) in [5.74, 6) is 0.928. The van der Waals surface area contributed by atoms with Crippen molar-refractivity contribution >= 4 is 22.5 Å². The molecule has 0 saturated carbocycles. The summed E-state index contributed by atoms with van der Waals surface area (Å²) < 4.78 is 17.6. The summed E-state index contributed by atoms with van der Waals surface area (Å²) in [7, 11) is 0. The van der Waals surface area contributed by atoms with Gasteiger partial charge in [0.1, 0.15) is 5.75 Å². The Hall–Kier alpha value is -1.23. The normalized spacial score (nSPS) is 27.8. The Bertz CT molecular complexity index is 658. The Balaban J connectivity index is 1.66. The van der Waals surface area contributed by atoms with E-state index in [0.29, 0.717) is 11.9 Å². The molecule has 0 radical (unpaired) electrons. The van der Waals surface area contributed by atoms with Crippen LogP contribution in [-0.2, 0) is 9.47 Å². The molecule has 4 heteroatoms. The summed E-state index contributed by atoms with van der Waals surface area (Å²) in [6, 6.07) is 12.6. The van der Waals surface area contributed by atoms with E-state index in [9.17, 15) is 0 Å². The Morgan fingerprint density at radius 1 is 1.19 bits per heavy atom. The smallest absolute Gasteiger partial charge is 0.214 e. The zero-order valence-electron chi connectivity index (χ0n) is 12.0. The van der Waals surface area contributed by atoms with Crippen LogP contribution in [0.4, 0.5) is 0 Å². The molecule has 0 aliphatic carbocycles. The number of hydrogen-bond acceptors (Lipinski definition) is 4. The van der Waals surface area contributed by atoms with Crippen LogP contribution in [0.1, 0.15) is 19.8 Å². The molecule has 0 unspecified atom stereocenters. The van der Waals surface area contributed by atoms with E-state index < -0.39 is 0 Å². The fraction of sp³-hybridized carbons (Fsp3) is 0.412. The molecule has 0 spiro atoms. The van der Waals surface area contributed by atoms with Crippen molar-refractivity contribution in [3.8, 4) is 5.75 Å². The molecular formula is C17H18O3S. The molecular weight excluding hydrogens is 284 g/mol. The Morgan fingerprint density at radius 3 is 3.00 bits per heavy atom. The van der Waals surface area contributed by atoms with Gasteiger partial charge in [0.05, 0.1) is 10.1 Å². The van der Waals surface area contributed by atoms with Crippen LogP contribution in [0.25, 0.3) is 10.8 Å². The third-order valence-corrected chi connectivity index (χ3v) is 5.40. The molecule has 0 aromatic heterocycles. The minimum Gasteiger partial charge on any atom is -0.462 e. The number of ether oxygens (including phenoxy) is 3. The fourth-order valence-corrected chi connectivity index (χ4v) is 4.31. The van der Waals surface area contributed by atoms with Crippen molar-refractivity contribution in [3.63, 3.8) is 0 Å². The van der Waals surface area contributed by atoms with Crippen molar-refractivity contribution in [3.05, 3.63) is 36.4 Å². The van der Waals surface area contributed by atoms with Gasteiger partial charge in [0.15, 0.2) is 6.29 Å². The first-order valence-corrected chi connectivity index (χ1v) is 8.35. The van der Waals surface area contributed by atoms with E-state index >= 15 is 0 Å². The molecule has 0 N–H and O–H groups in total. The van der Waals surface area contributed by atoms with Gasteiger partial charge in [-0.3, -0.25) is 0 Å². The van der Waals surface area contributed by atoms with Crippen molar-refractivity contribution in [2.75, 3.05) is 6.61 Å². The Morgan fingerprint density at radius 2 is 2.10 bits per heavy atom. The van der Waals surface area contributed by atoms with E-state index in [-0.39, 0.29) is 12.6 Å². The van der Waals surface area contributed by atoms with Crippen LogP contribution in [-0.4, -0.2) is 24.4 Å². The average molecular weight is 302 g/mol. The lowest BCUT2D eigenvalue weighted by Crippen LogP contribution is -2.43. The van der Waals surface area contributed by atoms with Gasteiger partial charge in [-0.15, -0.1) is 11.8 Å². The number of thioether (sulfide) groups is 1. The van der Waals surface area contributed by atoms with E-state index in [4.69, 9.17) is 14.2 Å². The van der Waals surface area contributed by atoms with Gasteiger partial charge in [-0.2, -0.15) is 0 Å². The molecule has 2 heterocycles. The molecule has 2 aromatic rings.